The molecule has 2 aromatic heterocycles. The van der Waals surface area contributed by atoms with Crippen molar-refractivity contribution >= 4 is 23.4 Å². The highest BCUT2D eigenvalue weighted by Crippen LogP contribution is 2.23. The molecule has 0 unspecified atom stereocenters. The Morgan fingerprint density at radius 2 is 1.95 bits per heavy atom. The first-order valence-corrected chi connectivity index (χ1v) is 8.27. The molecule has 0 bridgehead atoms. The second-order valence-electron chi connectivity index (χ2n) is 4.67. The van der Waals surface area contributed by atoms with Crippen LogP contribution >= 0.6 is 23.4 Å². The fourth-order valence-corrected chi connectivity index (χ4v) is 2.70. The van der Waals surface area contributed by atoms with E-state index >= 15 is 0 Å². The van der Waals surface area contributed by atoms with Gasteiger partial charge in [0.15, 0.2) is 0 Å². The molecule has 0 radical (unpaired) electrons. The summed E-state index contributed by atoms with van der Waals surface area (Å²) in [6, 6.07) is 11.9. The van der Waals surface area contributed by atoms with Gasteiger partial charge in [0.1, 0.15) is 0 Å². The van der Waals surface area contributed by atoms with Crippen LogP contribution in [-0.4, -0.2) is 15.1 Å². The van der Waals surface area contributed by atoms with Crippen LogP contribution in [0.2, 0.25) is 5.02 Å². The molecule has 2 heterocycles. The second kappa shape index (κ2) is 6.94. The Bertz CT molecular complexity index is 741. The van der Waals surface area contributed by atoms with Crippen LogP contribution in [0.4, 0.5) is 0 Å². The van der Waals surface area contributed by atoms with Gasteiger partial charge in [0.25, 0.3) is 0 Å². The first-order valence-electron chi connectivity index (χ1n) is 6.91. The number of rotatable bonds is 5. The molecule has 4 nitrogen and oxygen atoms in total. The first kappa shape index (κ1) is 15.1. The van der Waals surface area contributed by atoms with Crippen LogP contribution in [0.3, 0.4) is 0 Å². The van der Waals surface area contributed by atoms with Crippen LogP contribution < -0.4 is 0 Å². The van der Waals surface area contributed by atoms with Gasteiger partial charge in [-0.05, 0) is 24.1 Å². The molecule has 0 aliphatic rings. The summed E-state index contributed by atoms with van der Waals surface area (Å²) in [5, 5.41) is 5.52. The Labute approximate surface area is 137 Å². The van der Waals surface area contributed by atoms with Crippen LogP contribution in [0.5, 0.6) is 0 Å². The summed E-state index contributed by atoms with van der Waals surface area (Å²) in [7, 11) is 0. The molecule has 3 rings (SSSR count). The van der Waals surface area contributed by atoms with E-state index in [-0.39, 0.29) is 0 Å². The number of benzene rings is 1. The zero-order valence-electron chi connectivity index (χ0n) is 12.0. The molecule has 1 aromatic carbocycles. The number of nitrogens with zero attached hydrogens (tertiary/aromatic N) is 3. The third-order valence-corrected chi connectivity index (χ3v) is 4.28. The van der Waals surface area contributed by atoms with Crippen molar-refractivity contribution in [1.29, 1.82) is 0 Å². The zero-order valence-corrected chi connectivity index (χ0v) is 13.6. The van der Waals surface area contributed by atoms with Crippen molar-refractivity contribution in [2.24, 2.45) is 0 Å². The molecule has 0 spiro atoms. The van der Waals surface area contributed by atoms with Gasteiger partial charge in [-0.15, -0.1) is 0 Å². The maximum atomic E-state index is 5.81. The van der Waals surface area contributed by atoms with Crippen LogP contribution in [0.1, 0.15) is 18.4 Å². The average molecular weight is 332 g/mol. The van der Waals surface area contributed by atoms with Gasteiger partial charge in [0.05, 0.1) is 15.8 Å². The minimum atomic E-state index is 0.578. The fraction of sp³-hybridized carbons (Fsp3) is 0.188. The minimum Gasteiger partial charge on any atom is -0.338 e. The van der Waals surface area contributed by atoms with E-state index in [0.717, 1.165) is 17.0 Å². The maximum Gasteiger partial charge on any atom is 0.237 e. The summed E-state index contributed by atoms with van der Waals surface area (Å²) in [6.45, 7) is 2.13. The lowest BCUT2D eigenvalue weighted by Crippen LogP contribution is -1.85. The van der Waals surface area contributed by atoms with Gasteiger partial charge in [-0.2, -0.15) is 4.98 Å². The Morgan fingerprint density at radius 3 is 2.64 bits per heavy atom. The van der Waals surface area contributed by atoms with Gasteiger partial charge in [-0.1, -0.05) is 59.7 Å². The predicted octanol–water partition coefficient (Wildman–Crippen LogP) is 4.64. The topological polar surface area (TPSA) is 51.8 Å². The highest BCUT2D eigenvalue weighted by molar-refractivity contribution is 7.98. The maximum absolute atomic E-state index is 5.81. The lowest BCUT2D eigenvalue weighted by atomic mass is 10.1. The lowest BCUT2D eigenvalue weighted by Gasteiger charge is -1.97. The minimum absolute atomic E-state index is 0.578. The summed E-state index contributed by atoms with van der Waals surface area (Å²) >= 11 is 7.34. The molecule has 22 heavy (non-hydrogen) atoms. The zero-order chi connectivity index (χ0) is 15.4. The van der Waals surface area contributed by atoms with E-state index in [9.17, 15) is 0 Å². The molecule has 0 N–H and O–H groups in total. The van der Waals surface area contributed by atoms with Crippen LogP contribution in [-0.2, 0) is 12.2 Å². The monoisotopic (exact) mass is 331 g/mol. The Morgan fingerprint density at radius 1 is 1.14 bits per heavy atom. The first-order chi connectivity index (χ1) is 10.7. The van der Waals surface area contributed by atoms with Crippen molar-refractivity contribution in [1.82, 2.24) is 15.1 Å². The number of thioether (sulfide) groups is 1. The quantitative estimate of drug-likeness (QED) is 0.637. The van der Waals surface area contributed by atoms with E-state index in [1.165, 1.54) is 17.3 Å². The Hall–Kier alpha value is -1.85. The smallest absolute Gasteiger partial charge is 0.237 e. The molecule has 0 fully saturated rings. The van der Waals surface area contributed by atoms with Crippen molar-refractivity contribution in [3.63, 3.8) is 0 Å². The normalized spacial score (nSPS) is 10.8. The Kier molecular flexibility index (Phi) is 4.75. The number of hydrogen-bond acceptors (Lipinski definition) is 5. The summed E-state index contributed by atoms with van der Waals surface area (Å²) in [5.74, 6) is 1.77. The predicted molar refractivity (Wildman–Crippen MR) is 87.9 cm³/mol. The van der Waals surface area contributed by atoms with E-state index in [1.807, 2.05) is 24.3 Å². The standard InChI is InChI=1S/C16H14ClN3OS/c1-2-11-3-5-12(6-4-11)16-19-14(21-20-16)10-22-15-8-7-13(17)9-18-15/h3-9H,2,10H2,1H3. The number of hydrogen-bond donors (Lipinski definition) is 0. The van der Waals surface area contributed by atoms with Gasteiger partial charge in [0, 0.05) is 11.8 Å². The summed E-state index contributed by atoms with van der Waals surface area (Å²) in [4.78, 5) is 8.63. The molecule has 0 amide bonds. The van der Waals surface area contributed by atoms with Crippen molar-refractivity contribution < 1.29 is 4.52 Å². The molecule has 0 saturated carbocycles. The number of pyridine rings is 1. The van der Waals surface area contributed by atoms with Crippen molar-refractivity contribution in [2.45, 2.75) is 24.1 Å². The third-order valence-electron chi connectivity index (χ3n) is 3.13. The number of aromatic nitrogens is 3. The molecule has 3 aromatic rings. The van der Waals surface area contributed by atoms with Gasteiger partial charge >= 0.3 is 0 Å². The third kappa shape index (κ3) is 3.67. The van der Waals surface area contributed by atoms with Crippen LogP contribution in [0.15, 0.2) is 52.1 Å². The molecular formula is C16H14ClN3OS. The summed E-state index contributed by atoms with van der Waals surface area (Å²) in [5.41, 5.74) is 2.25. The summed E-state index contributed by atoms with van der Waals surface area (Å²) < 4.78 is 5.29. The number of aryl methyl sites for hydroxylation is 1. The molecule has 6 heteroatoms. The second-order valence-corrected chi connectivity index (χ2v) is 6.10. The van der Waals surface area contributed by atoms with Gasteiger partial charge in [-0.3, -0.25) is 0 Å². The van der Waals surface area contributed by atoms with Crippen LogP contribution in [0.25, 0.3) is 11.4 Å². The largest absolute Gasteiger partial charge is 0.338 e. The van der Waals surface area contributed by atoms with Crippen molar-refractivity contribution in [3.8, 4) is 11.4 Å². The SMILES string of the molecule is CCc1ccc(-c2noc(CSc3ccc(Cl)cn3)n2)cc1. The molecular weight excluding hydrogens is 318 g/mol. The lowest BCUT2D eigenvalue weighted by molar-refractivity contribution is 0.391. The van der Waals surface area contributed by atoms with Crippen molar-refractivity contribution in [2.75, 3.05) is 0 Å². The van der Waals surface area contributed by atoms with Crippen LogP contribution in [0, 0.1) is 0 Å². The molecule has 0 aliphatic heterocycles. The van der Waals surface area contributed by atoms with Gasteiger partial charge < -0.3 is 4.52 Å². The van der Waals surface area contributed by atoms with Gasteiger partial charge in [-0.25, -0.2) is 4.98 Å². The van der Waals surface area contributed by atoms with Gasteiger partial charge in [0.2, 0.25) is 11.7 Å². The molecule has 0 atom stereocenters. The highest BCUT2D eigenvalue weighted by atomic mass is 35.5. The summed E-state index contributed by atoms with van der Waals surface area (Å²) in [6.07, 6.45) is 2.64. The van der Waals surface area contributed by atoms with E-state index < -0.39 is 0 Å². The Balaban J connectivity index is 1.66. The molecule has 0 saturated heterocycles. The number of halogens is 1. The average Bonchev–Trinajstić information content (AvgIpc) is 3.03. The van der Waals surface area contributed by atoms with Crippen molar-refractivity contribution in [3.05, 3.63) is 59.1 Å². The van der Waals surface area contributed by atoms with E-state index in [2.05, 4.69) is 34.2 Å². The highest BCUT2D eigenvalue weighted by Gasteiger charge is 2.09. The molecule has 0 aliphatic carbocycles. The fourth-order valence-electron chi connectivity index (χ4n) is 1.90. The molecule has 112 valence electrons. The van der Waals surface area contributed by atoms with E-state index in [1.54, 1.807) is 6.20 Å². The van der Waals surface area contributed by atoms with E-state index in [4.69, 9.17) is 16.1 Å². The van der Waals surface area contributed by atoms with E-state index in [0.29, 0.717) is 22.5 Å².